The molecule has 1 atom stereocenters. The smallest absolute Gasteiger partial charge is 0.115 e. The van der Waals surface area contributed by atoms with E-state index in [1.165, 1.54) is 17.5 Å². The van der Waals surface area contributed by atoms with E-state index in [2.05, 4.69) is 34.0 Å². The Hall–Kier alpha value is -0.550. The van der Waals surface area contributed by atoms with Gasteiger partial charge < -0.3 is 10.4 Å². The first-order chi connectivity index (χ1) is 7.79. The average Bonchev–Trinajstić information content (AvgIpc) is 2.29. The van der Waals surface area contributed by atoms with Gasteiger partial charge in [0.2, 0.25) is 0 Å². The molecule has 0 aliphatic heterocycles. The number of phenolic OH excluding ortho intramolecular Hbond substituents is 1. The Morgan fingerprint density at radius 1 is 1.44 bits per heavy atom. The second kappa shape index (κ2) is 5.68. The van der Waals surface area contributed by atoms with Gasteiger partial charge in [-0.15, -0.1) is 0 Å². The summed E-state index contributed by atoms with van der Waals surface area (Å²) < 4.78 is 2.04. The Morgan fingerprint density at radius 2 is 2.31 bits per heavy atom. The second-order valence-electron chi connectivity index (χ2n) is 4.16. The van der Waals surface area contributed by atoms with Gasteiger partial charge in [0.05, 0.1) is 0 Å². The fourth-order valence-electron chi connectivity index (χ4n) is 2.20. The van der Waals surface area contributed by atoms with E-state index in [-0.39, 0.29) is 0 Å². The second-order valence-corrected chi connectivity index (χ2v) is 4.88. The highest BCUT2D eigenvalue weighted by molar-refractivity contribution is 14.1. The largest absolute Gasteiger partial charge is 0.508 e. The van der Waals surface area contributed by atoms with Gasteiger partial charge in [0.15, 0.2) is 0 Å². The van der Waals surface area contributed by atoms with Crippen LogP contribution in [-0.4, -0.2) is 17.7 Å². The quantitative estimate of drug-likeness (QED) is 0.836. The molecule has 3 heteroatoms. The molecule has 86 valence electrons. The molecule has 2 N–H and O–H groups in total. The Morgan fingerprint density at radius 3 is 3.12 bits per heavy atom. The van der Waals surface area contributed by atoms with Crippen molar-refractivity contribution in [2.45, 2.75) is 25.3 Å². The Bertz CT molecular complexity index is 390. The molecule has 16 heavy (non-hydrogen) atoms. The number of rotatable bonds is 3. The molecule has 0 saturated carbocycles. The van der Waals surface area contributed by atoms with Crippen LogP contribution in [0.1, 0.15) is 17.5 Å². The third-order valence-corrected chi connectivity index (χ3v) is 3.54. The molecule has 0 aromatic heterocycles. The summed E-state index contributed by atoms with van der Waals surface area (Å²) in [6, 6.07) is 6.27. The van der Waals surface area contributed by atoms with Crippen molar-refractivity contribution >= 4 is 22.6 Å². The summed E-state index contributed by atoms with van der Waals surface area (Å²) in [6.07, 6.45) is 5.45. The predicted molar refractivity (Wildman–Crippen MR) is 75.1 cm³/mol. The van der Waals surface area contributed by atoms with Crippen LogP contribution in [0.3, 0.4) is 0 Å². The van der Waals surface area contributed by atoms with Crippen molar-refractivity contribution in [3.05, 3.63) is 39.5 Å². The third-order valence-electron chi connectivity index (χ3n) is 3.03. The molecule has 0 amide bonds. The lowest BCUT2D eigenvalue weighted by atomic mass is 9.88. The number of fused-ring (bicyclic) bond motifs is 1. The molecular weight excluding hydrogens is 313 g/mol. The molecule has 2 nitrogen and oxygen atoms in total. The van der Waals surface area contributed by atoms with Gasteiger partial charge in [0.1, 0.15) is 5.75 Å². The van der Waals surface area contributed by atoms with E-state index >= 15 is 0 Å². The van der Waals surface area contributed by atoms with Crippen LogP contribution >= 0.6 is 22.6 Å². The maximum atomic E-state index is 9.46. The minimum atomic E-state index is 0.381. The van der Waals surface area contributed by atoms with Crippen molar-refractivity contribution in [2.75, 3.05) is 6.54 Å². The van der Waals surface area contributed by atoms with E-state index in [9.17, 15) is 5.11 Å². The van der Waals surface area contributed by atoms with Crippen molar-refractivity contribution in [3.63, 3.8) is 0 Å². The van der Waals surface area contributed by atoms with E-state index in [1.54, 1.807) is 6.07 Å². The fraction of sp³-hybridized carbons (Fsp3) is 0.385. The van der Waals surface area contributed by atoms with Crippen molar-refractivity contribution < 1.29 is 5.11 Å². The first kappa shape index (κ1) is 11.9. The number of hydrogen-bond donors (Lipinski definition) is 2. The molecule has 1 aliphatic carbocycles. The summed E-state index contributed by atoms with van der Waals surface area (Å²) in [7, 11) is 0. The lowest BCUT2D eigenvalue weighted by Gasteiger charge is -2.25. The van der Waals surface area contributed by atoms with Gasteiger partial charge in [-0.2, -0.15) is 0 Å². The molecule has 0 radical (unpaired) electrons. The highest BCUT2D eigenvalue weighted by atomic mass is 127. The highest BCUT2D eigenvalue weighted by Gasteiger charge is 2.17. The van der Waals surface area contributed by atoms with Gasteiger partial charge in [-0.25, -0.2) is 0 Å². The molecule has 2 rings (SSSR count). The third kappa shape index (κ3) is 2.98. The minimum Gasteiger partial charge on any atom is -0.508 e. The number of nitrogens with one attached hydrogen (secondary N) is 1. The van der Waals surface area contributed by atoms with Crippen molar-refractivity contribution in [2.24, 2.45) is 0 Å². The molecule has 0 saturated heterocycles. The molecule has 0 fully saturated rings. The van der Waals surface area contributed by atoms with Crippen LogP contribution in [-0.2, 0) is 12.8 Å². The van der Waals surface area contributed by atoms with Crippen molar-refractivity contribution in [3.8, 4) is 5.75 Å². The lowest BCUT2D eigenvalue weighted by Crippen LogP contribution is -2.34. The molecule has 0 spiro atoms. The monoisotopic (exact) mass is 329 g/mol. The van der Waals surface area contributed by atoms with Crippen LogP contribution in [0.2, 0.25) is 0 Å². The zero-order valence-corrected chi connectivity index (χ0v) is 11.3. The van der Waals surface area contributed by atoms with Gasteiger partial charge in [-0.1, -0.05) is 34.7 Å². The minimum absolute atomic E-state index is 0.381. The summed E-state index contributed by atoms with van der Waals surface area (Å²) in [5, 5.41) is 13.0. The summed E-state index contributed by atoms with van der Waals surface area (Å²) in [5.74, 6) is 0.381. The van der Waals surface area contributed by atoms with Gasteiger partial charge in [0, 0.05) is 12.6 Å². The molecule has 1 aromatic rings. The number of halogens is 1. The SMILES string of the molecule is Oc1ccc2c(c1)C[C@H](NC/C=C/I)CC2. The average molecular weight is 329 g/mol. The Kier molecular flexibility index (Phi) is 4.23. The maximum Gasteiger partial charge on any atom is 0.115 e. The van der Waals surface area contributed by atoms with Gasteiger partial charge >= 0.3 is 0 Å². The molecule has 1 aromatic carbocycles. The molecular formula is C13H16INO. The standard InChI is InChI=1S/C13H16INO/c14-6-1-7-15-12-4-2-10-3-5-13(16)9-11(10)8-12/h1,3,5-6,9,12,15-16H,2,4,7-8H2/b6-1+/t12-/m1/s1. The molecule has 0 bridgehead atoms. The molecule has 1 aliphatic rings. The Labute approximate surface area is 110 Å². The normalized spacial score (nSPS) is 19.9. The van der Waals surface area contributed by atoms with Crippen molar-refractivity contribution in [1.29, 1.82) is 0 Å². The number of aryl methyl sites for hydroxylation is 1. The van der Waals surface area contributed by atoms with E-state index in [0.717, 1.165) is 19.4 Å². The van der Waals surface area contributed by atoms with Gasteiger partial charge in [0.25, 0.3) is 0 Å². The van der Waals surface area contributed by atoms with Crippen LogP contribution in [0.5, 0.6) is 5.75 Å². The lowest BCUT2D eigenvalue weighted by molar-refractivity contribution is 0.461. The summed E-state index contributed by atoms with van der Waals surface area (Å²) >= 11 is 2.23. The first-order valence-electron chi connectivity index (χ1n) is 5.59. The maximum absolute atomic E-state index is 9.46. The van der Waals surface area contributed by atoms with Crippen LogP contribution in [0.15, 0.2) is 28.4 Å². The van der Waals surface area contributed by atoms with Crippen LogP contribution in [0.4, 0.5) is 0 Å². The number of benzene rings is 1. The molecule has 0 heterocycles. The zero-order valence-electron chi connectivity index (χ0n) is 9.12. The fourth-order valence-corrected chi connectivity index (χ4v) is 2.45. The van der Waals surface area contributed by atoms with E-state index in [1.807, 2.05) is 16.2 Å². The van der Waals surface area contributed by atoms with Gasteiger partial charge in [-0.3, -0.25) is 0 Å². The first-order valence-corrected chi connectivity index (χ1v) is 6.83. The van der Waals surface area contributed by atoms with Crippen LogP contribution in [0.25, 0.3) is 0 Å². The Balaban J connectivity index is 1.99. The van der Waals surface area contributed by atoms with Crippen molar-refractivity contribution in [1.82, 2.24) is 5.32 Å². The summed E-state index contributed by atoms with van der Waals surface area (Å²) in [6.45, 7) is 0.932. The predicted octanol–water partition coefficient (Wildman–Crippen LogP) is 2.79. The van der Waals surface area contributed by atoms with Crippen LogP contribution in [0, 0.1) is 0 Å². The van der Waals surface area contributed by atoms with E-state index in [4.69, 9.17) is 0 Å². The topological polar surface area (TPSA) is 32.3 Å². The number of phenols is 1. The zero-order chi connectivity index (χ0) is 11.4. The summed E-state index contributed by atoms with van der Waals surface area (Å²) in [5.41, 5.74) is 2.68. The highest BCUT2D eigenvalue weighted by Crippen LogP contribution is 2.24. The van der Waals surface area contributed by atoms with E-state index in [0.29, 0.717) is 11.8 Å². The van der Waals surface area contributed by atoms with Crippen LogP contribution < -0.4 is 5.32 Å². The number of hydrogen-bond acceptors (Lipinski definition) is 2. The van der Waals surface area contributed by atoms with Gasteiger partial charge in [-0.05, 0) is 46.6 Å². The molecule has 0 unspecified atom stereocenters. The summed E-state index contributed by atoms with van der Waals surface area (Å²) in [4.78, 5) is 0. The number of aromatic hydroxyl groups is 1. The van der Waals surface area contributed by atoms with E-state index < -0.39 is 0 Å².